The lowest BCUT2D eigenvalue weighted by atomic mass is 10.3. The van der Waals surface area contributed by atoms with Crippen molar-refractivity contribution in [3.63, 3.8) is 0 Å². The zero-order chi connectivity index (χ0) is 12.5. The average Bonchev–Trinajstić information content (AvgIpc) is 2.39. The number of nitrogens with one attached hydrogen (secondary N) is 1. The number of nitrogen functional groups attached to an aromatic ring is 1. The number of benzene rings is 1. The van der Waals surface area contributed by atoms with Gasteiger partial charge in [-0.25, -0.2) is 8.42 Å². The molecule has 0 fully saturated rings. The molecule has 1 aromatic carbocycles. The molecule has 0 amide bonds. The first-order valence-electron chi connectivity index (χ1n) is 5.69. The molecule has 0 aliphatic carbocycles. The summed E-state index contributed by atoms with van der Waals surface area (Å²) in [7, 11) is -3.41. The van der Waals surface area contributed by atoms with Crippen LogP contribution in [0.3, 0.4) is 0 Å². The van der Waals surface area contributed by atoms with E-state index >= 15 is 0 Å². The van der Waals surface area contributed by atoms with Gasteiger partial charge in [0.2, 0.25) is 10.0 Å². The molecule has 1 aromatic rings. The highest BCUT2D eigenvalue weighted by Crippen LogP contribution is 2.28. The van der Waals surface area contributed by atoms with Gasteiger partial charge >= 0.3 is 0 Å². The highest BCUT2D eigenvalue weighted by atomic mass is 32.2. The molecule has 0 radical (unpaired) electrons. The van der Waals surface area contributed by atoms with Gasteiger partial charge in [0.1, 0.15) is 4.90 Å². The number of anilines is 2. The van der Waals surface area contributed by atoms with E-state index in [4.69, 9.17) is 5.73 Å². The zero-order valence-electron chi connectivity index (χ0n) is 9.81. The molecule has 1 heterocycles. The van der Waals surface area contributed by atoms with Crippen LogP contribution in [0.1, 0.15) is 13.3 Å². The van der Waals surface area contributed by atoms with Gasteiger partial charge in [0, 0.05) is 25.3 Å². The quantitative estimate of drug-likeness (QED) is 0.776. The highest BCUT2D eigenvalue weighted by Gasteiger charge is 2.28. The molecular weight excluding hydrogens is 238 g/mol. The Morgan fingerprint density at radius 1 is 1.47 bits per heavy atom. The minimum atomic E-state index is -3.41. The lowest BCUT2D eigenvalue weighted by Crippen LogP contribution is -2.33. The molecule has 1 aliphatic rings. The van der Waals surface area contributed by atoms with E-state index in [-0.39, 0.29) is 4.90 Å². The first kappa shape index (κ1) is 12.2. The summed E-state index contributed by atoms with van der Waals surface area (Å²) >= 11 is 0. The normalized spacial score (nSPS) is 19.1. The van der Waals surface area contributed by atoms with Crippen molar-refractivity contribution < 1.29 is 8.42 Å². The molecule has 0 bridgehead atoms. The number of hydrogen-bond acceptors (Lipinski definition) is 4. The molecule has 17 heavy (non-hydrogen) atoms. The van der Waals surface area contributed by atoms with E-state index in [1.54, 1.807) is 12.1 Å². The lowest BCUT2D eigenvalue weighted by molar-refractivity contribution is 0.425. The monoisotopic (exact) mass is 255 g/mol. The Balaban J connectivity index is 2.52. The van der Waals surface area contributed by atoms with Crippen LogP contribution in [-0.2, 0) is 10.0 Å². The predicted molar refractivity (Wildman–Crippen MR) is 68.4 cm³/mol. The van der Waals surface area contributed by atoms with Crippen LogP contribution >= 0.6 is 0 Å². The smallest absolute Gasteiger partial charge is 0.245 e. The third kappa shape index (κ3) is 2.23. The highest BCUT2D eigenvalue weighted by molar-refractivity contribution is 7.89. The lowest BCUT2D eigenvalue weighted by Gasteiger charge is -2.18. The van der Waals surface area contributed by atoms with Gasteiger partial charge in [0.15, 0.2) is 0 Å². The first-order chi connectivity index (χ1) is 8.05. The molecular formula is C11H17N3O2S. The predicted octanol–water partition coefficient (Wildman–Crippen LogP) is 1.10. The topological polar surface area (TPSA) is 75.4 Å². The number of rotatable bonds is 2. The fraction of sp³-hybridized carbons (Fsp3) is 0.455. The molecule has 0 unspecified atom stereocenters. The minimum Gasteiger partial charge on any atom is -0.399 e. The van der Waals surface area contributed by atoms with Gasteiger partial charge in [-0.3, -0.25) is 0 Å². The summed E-state index contributed by atoms with van der Waals surface area (Å²) in [6.07, 6.45) is 0.802. The Morgan fingerprint density at radius 3 is 2.94 bits per heavy atom. The fourth-order valence-corrected chi connectivity index (χ4v) is 3.69. The number of sulfonamides is 1. The maximum absolute atomic E-state index is 12.4. The van der Waals surface area contributed by atoms with Gasteiger partial charge in [-0.2, -0.15) is 4.31 Å². The van der Waals surface area contributed by atoms with E-state index in [0.717, 1.165) is 6.42 Å². The molecule has 1 aliphatic heterocycles. The van der Waals surface area contributed by atoms with Crippen molar-refractivity contribution in [2.24, 2.45) is 0 Å². The summed E-state index contributed by atoms with van der Waals surface area (Å²) < 4.78 is 26.3. The van der Waals surface area contributed by atoms with E-state index in [1.165, 1.54) is 10.4 Å². The largest absolute Gasteiger partial charge is 0.399 e. The summed E-state index contributed by atoms with van der Waals surface area (Å²) in [5.74, 6) is 0. The summed E-state index contributed by atoms with van der Waals surface area (Å²) in [6, 6.07) is 4.94. The molecule has 6 heteroatoms. The summed E-state index contributed by atoms with van der Waals surface area (Å²) in [4.78, 5) is 0.281. The van der Waals surface area contributed by atoms with E-state index in [2.05, 4.69) is 5.32 Å². The SMILES string of the molecule is CCCN1CCNc2ccc(N)cc2S1(=O)=O. The second-order valence-corrected chi connectivity index (χ2v) is 5.99. The van der Waals surface area contributed by atoms with Crippen LogP contribution in [-0.4, -0.2) is 32.4 Å². The Kier molecular flexibility index (Phi) is 3.26. The van der Waals surface area contributed by atoms with Gasteiger partial charge in [0.25, 0.3) is 0 Å². The second kappa shape index (κ2) is 4.54. The Labute approximate surface area is 102 Å². The number of nitrogens with zero attached hydrogens (tertiary/aromatic N) is 1. The van der Waals surface area contributed by atoms with E-state index in [1.807, 2.05) is 6.92 Å². The van der Waals surface area contributed by atoms with Gasteiger partial charge < -0.3 is 11.1 Å². The Hall–Kier alpha value is -1.27. The minimum absolute atomic E-state index is 0.281. The van der Waals surface area contributed by atoms with Crippen molar-refractivity contribution in [1.82, 2.24) is 4.31 Å². The number of hydrogen-bond donors (Lipinski definition) is 2. The fourth-order valence-electron chi connectivity index (χ4n) is 1.95. The summed E-state index contributed by atoms with van der Waals surface area (Å²) in [5.41, 5.74) is 6.76. The molecule has 94 valence electrons. The molecule has 5 nitrogen and oxygen atoms in total. The van der Waals surface area contributed by atoms with Crippen molar-refractivity contribution in [3.05, 3.63) is 18.2 Å². The van der Waals surface area contributed by atoms with Crippen LogP contribution in [0.2, 0.25) is 0 Å². The van der Waals surface area contributed by atoms with Crippen LogP contribution in [0.15, 0.2) is 23.1 Å². The Bertz CT molecular complexity index is 513. The average molecular weight is 255 g/mol. The van der Waals surface area contributed by atoms with E-state index in [0.29, 0.717) is 31.0 Å². The van der Waals surface area contributed by atoms with E-state index < -0.39 is 10.0 Å². The molecule has 0 aromatic heterocycles. The molecule has 0 atom stereocenters. The van der Waals surface area contributed by atoms with Crippen molar-refractivity contribution in [2.75, 3.05) is 30.7 Å². The van der Waals surface area contributed by atoms with Crippen LogP contribution in [0.5, 0.6) is 0 Å². The molecule has 0 saturated heterocycles. The molecule has 3 N–H and O–H groups in total. The third-order valence-corrected chi connectivity index (χ3v) is 4.71. The van der Waals surface area contributed by atoms with Crippen molar-refractivity contribution >= 4 is 21.4 Å². The van der Waals surface area contributed by atoms with Crippen molar-refractivity contribution in [2.45, 2.75) is 18.2 Å². The van der Waals surface area contributed by atoms with Crippen LogP contribution < -0.4 is 11.1 Å². The first-order valence-corrected chi connectivity index (χ1v) is 7.13. The Morgan fingerprint density at radius 2 is 2.24 bits per heavy atom. The second-order valence-electron chi connectivity index (χ2n) is 4.09. The van der Waals surface area contributed by atoms with Gasteiger partial charge in [-0.1, -0.05) is 6.92 Å². The summed E-state index contributed by atoms with van der Waals surface area (Å²) in [5, 5.41) is 3.12. The molecule has 0 saturated carbocycles. The van der Waals surface area contributed by atoms with Crippen LogP contribution in [0.25, 0.3) is 0 Å². The standard InChI is InChI=1S/C11H17N3O2S/c1-2-6-14-7-5-13-10-4-3-9(12)8-11(10)17(14,15)16/h3-4,8,13H,2,5-7,12H2,1H3. The van der Waals surface area contributed by atoms with Crippen LogP contribution in [0.4, 0.5) is 11.4 Å². The van der Waals surface area contributed by atoms with Gasteiger partial charge in [-0.05, 0) is 24.6 Å². The van der Waals surface area contributed by atoms with Crippen molar-refractivity contribution in [1.29, 1.82) is 0 Å². The zero-order valence-corrected chi connectivity index (χ0v) is 10.6. The molecule has 2 rings (SSSR count). The van der Waals surface area contributed by atoms with Crippen molar-refractivity contribution in [3.8, 4) is 0 Å². The number of nitrogens with two attached hydrogens (primary N) is 1. The molecule has 0 spiro atoms. The third-order valence-electron chi connectivity index (χ3n) is 2.77. The number of fused-ring (bicyclic) bond motifs is 1. The van der Waals surface area contributed by atoms with Crippen LogP contribution in [0, 0.1) is 0 Å². The maximum Gasteiger partial charge on any atom is 0.245 e. The van der Waals surface area contributed by atoms with Gasteiger partial charge in [-0.15, -0.1) is 0 Å². The maximum atomic E-state index is 12.4. The van der Waals surface area contributed by atoms with E-state index in [9.17, 15) is 8.42 Å². The summed E-state index contributed by atoms with van der Waals surface area (Å²) in [6.45, 7) is 3.62. The van der Waals surface area contributed by atoms with Gasteiger partial charge in [0.05, 0.1) is 5.69 Å².